The van der Waals surface area contributed by atoms with Crippen LogP contribution in [0.4, 0.5) is 5.69 Å². The third-order valence-corrected chi connectivity index (χ3v) is 7.39. The highest BCUT2D eigenvalue weighted by Gasteiger charge is 2.68. The van der Waals surface area contributed by atoms with Crippen LogP contribution in [-0.2, 0) is 23.9 Å². The molecule has 2 bridgehead atoms. The minimum absolute atomic E-state index is 0.0145. The molecule has 1 N–H and O–H groups in total. The summed E-state index contributed by atoms with van der Waals surface area (Å²) in [6, 6.07) is 4.83. The highest BCUT2D eigenvalue weighted by Crippen LogP contribution is 2.60. The van der Waals surface area contributed by atoms with Crippen LogP contribution in [0.5, 0.6) is 0 Å². The number of carbonyl (C=O) groups is 3. The lowest BCUT2D eigenvalue weighted by Crippen LogP contribution is -2.39. The van der Waals surface area contributed by atoms with Crippen LogP contribution in [0.25, 0.3) is 0 Å². The Morgan fingerprint density at radius 2 is 2.08 bits per heavy atom. The SMILES string of the molecule is O=C(COC(=O)[C@@H]1[C@H]2C[C@H]3[C@H](OC(=O)[C@H]31)[C@@H]2Br)Nc1cccc(Cl)c1Cl. The number of alkyl halides is 1. The zero-order valence-corrected chi connectivity index (χ0v) is 16.4. The summed E-state index contributed by atoms with van der Waals surface area (Å²) in [5, 5.41) is 3.07. The normalized spacial score (nSPS) is 33.9. The molecule has 6 nitrogen and oxygen atoms in total. The van der Waals surface area contributed by atoms with Crippen molar-refractivity contribution in [2.24, 2.45) is 23.7 Å². The summed E-state index contributed by atoms with van der Waals surface area (Å²) in [4.78, 5) is 36.6. The van der Waals surface area contributed by atoms with Crippen LogP contribution in [0.15, 0.2) is 18.2 Å². The lowest BCUT2D eigenvalue weighted by Gasteiger charge is -2.26. The van der Waals surface area contributed by atoms with Gasteiger partial charge in [-0.3, -0.25) is 14.4 Å². The zero-order chi connectivity index (χ0) is 18.6. The Bertz CT molecular complexity index is 803. The average Bonchev–Trinajstić information content (AvgIpc) is 3.21. The Labute approximate surface area is 167 Å². The monoisotopic (exact) mass is 461 g/mol. The van der Waals surface area contributed by atoms with Gasteiger partial charge in [0.15, 0.2) is 6.61 Å². The summed E-state index contributed by atoms with van der Waals surface area (Å²) >= 11 is 15.4. The first-order valence-corrected chi connectivity index (χ1v) is 9.80. The lowest BCUT2D eigenvalue weighted by atomic mass is 9.80. The highest BCUT2D eigenvalue weighted by atomic mass is 79.9. The average molecular weight is 463 g/mol. The van der Waals surface area contributed by atoms with Gasteiger partial charge in [-0.15, -0.1) is 0 Å². The summed E-state index contributed by atoms with van der Waals surface area (Å²) in [6.07, 6.45) is 0.593. The summed E-state index contributed by atoms with van der Waals surface area (Å²) in [5.41, 5.74) is 0.336. The molecule has 0 spiro atoms. The first kappa shape index (κ1) is 18.1. The number of carbonyl (C=O) groups excluding carboxylic acids is 3. The Kier molecular flexibility index (Phi) is 4.65. The Morgan fingerprint density at radius 1 is 1.31 bits per heavy atom. The maximum absolute atomic E-state index is 12.5. The predicted molar refractivity (Wildman–Crippen MR) is 97.2 cm³/mol. The van der Waals surface area contributed by atoms with Crippen molar-refractivity contribution in [3.05, 3.63) is 28.2 Å². The molecular weight excluding hydrogens is 449 g/mol. The van der Waals surface area contributed by atoms with Gasteiger partial charge in [-0.25, -0.2) is 0 Å². The number of ether oxygens (including phenoxy) is 2. The fourth-order valence-corrected chi connectivity index (χ4v) is 5.71. The Morgan fingerprint density at radius 3 is 2.85 bits per heavy atom. The number of benzene rings is 1. The molecule has 2 aliphatic carbocycles. The maximum atomic E-state index is 12.5. The van der Waals surface area contributed by atoms with Crippen molar-refractivity contribution in [3.63, 3.8) is 0 Å². The Balaban J connectivity index is 1.38. The number of rotatable bonds is 4. The number of fused-ring (bicyclic) bond motifs is 1. The quantitative estimate of drug-likeness (QED) is 0.549. The fraction of sp³-hybridized carbons (Fsp3) is 0.471. The molecule has 0 unspecified atom stereocenters. The van der Waals surface area contributed by atoms with Gasteiger partial charge in [-0.2, -0.15) is 0 Å². The minimum Gasteiger partial charge on any atom is -0.461 e. The molecule has 1 saturated heterocycles. The van der Waals surface area contributed by atoms with E-state index in [0.717, 1.165) is 6.42 Å². The summed E-state index contributed by atoms with van der Waals surface area (Å²) in [5.74, 6) is -2.42. The van der Waals surface area contributed by atoms with Gasteiger partial charge >= 0.3 is 11.9 Å². The van der Waals surface area contributed by atoms with Crippen LogP contribution >= 0.6 is 39.1 Å². The smallest absolute Gasteiger partial charge is 0.310 e. The molecule has 3 fully saturated rings. The van der Waals surface area contributed by atoms with Crippen LogP contribution in [0, 0.1) is 23.7 Å². The third-order valence-electron chi connectivity index (χ3n) is 5.37. The van der Waals surface area contributed by atoms with Gasteiger partial charge in [0.1, 0.15) is 6.10 Å². The van der Waals surface area contributed by atoms with E-state index < -0.39 is 30.3 Å². The number of nitrogens with one attached hydrogen (secondary N) is 1. The number of amides is 1. The van der Waals surface area contributed by atoms with Gasteiger partial charge in [0.05, 0.1) is 32.4 Å². The van der Waals surface area contributed by atoms with Crippen molar-refractivity contribution < 1.29 is 23.9 Å². The van der Waals surface area contributed by atoms with Crippen molar-refractivity contribution in [1.82, 2.24) is 0 Å². The van der Waals surface area contributed by atoms with E-state index in [1.54, 1.807) is 18.2 Å². The molecule has 0 aromatic heterocycles. The second-order valence-electron chi connectivity index (χ2n) is 6.72. The van der Waals surface area contributed by atoms with Crippen LogP contribution < -0.4 is 5.32 Å². The summed E-state index contributed by atoms with van der Waals surface area (Å²) in [7, 11) is 0. The van der Waals surface area contributed by atoms with Gasteiger partial charge in [0.25, 0.3) is 5.91 Å². The van der Waals surface area contributed by atoms with E-state index >= 15 is 0 Å². The molecule has 1 aromatic rings. The van der Waals surface area contributed by atoms with E-state index in [2.05, 4.69) is 21.2 Å². The van der Waals surface area contributed by atoms with Crippen LogP contribution in [0.2, 0.25) is 10.0 Å². The molecule has 1 heterocycles. The zero-order valence-electron chi connectivity index (χ0n) is 13.3. The molecule has 1 aromatic carbocycles. The van der Waals surface area contributed by atoms with Crippen molar-refractivity contribution in [2.75, 3.05) is 11.9 Å². The van der Waals surface area contributed by atoms with E-state index in [-0.39, 0.29) is 33.8 Å². The first-order chi connectivity index (χ1) is 12.4. The van der Waals surface area contributed by atoms with Gasteiger partial charge in [-0.1, -0.05) is 45.2 Å². The fourth-order valence-electron chi connectivity index (χ4n) is 4.31. The molecule has 26 heavy (non-hydrogen) atoms. The van der Waals surface area contributed by atoms with Crippen molar-refractivity contribution >= 4 is 62.7 Å². The number of esters is 2. The number of hydrogen-bond acceptors (Lipinski definition) is 5. The first-order valence-electron chi connectivity index (χ1n) is 8.13. The highest BCUT2D eigenvalue weighted by molar-refractivity contribution is 9.09. The predicted octanol–water partition coefficient (Wildman–Crippen LogP) is 3.05. The van der Waals surface area contributed by atoms with Crippen molar-refractivity contribution in [1.29, 1.82) is 0 Å². The van der Waals surface area contributed by atoms with Gasteiger partial charge in [0, 0.05) is 5.92 Å². The molecule has 138 valence electrons. The Hall–Kier alpha value is -1.31. The van der Waals surface area contributed by atoms with Crippen LogP contribution in [0.3, 0.4) is 0 Å². The number of anilines is 1. The largest absolute Gasteiger partial charge is 0.461 e. The summed E-state index contributed by atoms with van der Waals surface area (Å²) in [6.45, 7) is -0.465. The topological polar surface area (TPSA) is 81.7 Å². The van der Waals surface area contributed by atoms with Crippen molar-refractivity contribution in [2.45, 2.75) is 17.4 Å². The molecule has 1 aliphatic heterocycles. The van der Waals surface area contributed by atoms with E-state index in [9.17, 15) is 14.4 Å². The second-order valence-corrected chi connectivity index (χ2v) is 8.56. The second kappa shape index (κ2) is 6.69. The number of halogens is 3. The van der Waals surface area contributed by atoms with E-state index in [1.807, 2.05) is 0 Å². The van der Waals surface area contributed by atoms with Crippen LogP contribution in [-0.4, -0.2) is 35.4 Å². The summed E-state index contributed by atoms with van der Waals surface area (Å²) < 4.78 is 10.5. The van der Waals surface area contributed by atoms with E-state index in [1.165, 1.54) is 0 Å². The van der Waals surface area contributed by atoms with Crippen molar-refractivity contribution in [3.8, 4) is 0 Å². The maximum Gasteiger partial charge on any atom is 0.310 e. The molecule has 3 aliphatic rings. The standard InChI is InChI=1S/C17H14BrCl2NO5/c18-13-6-4-7-12(17(24)26-15(7)13)11(6)16(23)25-5-10(22)21-9-3-1-2-8(19)14(9)20/h1-3,6-7,11-13,15H,4-5H2,(H,21,22)/t6-,7-,11-,12-,13-,15+/m1/s1. The molecule has 0 radical (unpaired) electrons. The van der Waals surface area contributed by atoms with Gasteiger partial charge in [-0.05, 0) is 24.5 Å². The minimum atomic E-state index is -0.571. The molecule has 6 atom stereocenters. The molecule has 2 saturated carbocycles. The molecule has 4 rings (SSSR count). The van der Waals surface area contributed by atoms with E-state index in [4.69, 9.17) is 32.7 Å². The molecule has 9 heteroatoms. The number of hydrogen-bond donors (Lipinski definition) is 1. The van der Waals surface area contributed by atoms with E-state index in [0.29, 0.717) is 10.7 Å². The van der Waals surface area contributed by atoms with Crippen LogP contribution in [0.1, 0.15) is 6.42 Å². The molecular formula is C17H14BrCl2NO5. The third kappa shape index (κ3) is 2.80. The van der Waals surface area contributed by atoms with Gasteiger partial charge < -0.3 is 14.8 Å². The van der Waals surface area contributed by atoms with Gasteiger partial charge in [0.2, 0.25) is 0 Å². The molecule has 1 amide bonds. The lowest BCUT2D eigenvalue weighted by molar-refractivity contribution is -0.157.